The van der Waals surface area contributed by atoms with E-state index < -0.39 is 0 Å². The van der Waals surface area contributed by atoms with Gasteiger partial charge in [0, 0.05) is 28.7 Å². The molecule has 2 aromatic rings. The SMILES string of the molecule is C[C@@H](NC1CC[C@H](c2ccc(C(=O)NC3CCNCC3)cc2)C1)c1cccc(Cl)c1. The Morgan fingerprint density at radius 1 is 1.03 bits per heavy atom. The summed E-state index contributed by atoms with van der Waals surface area (Å²) in [7, 11) is 0. The fraction of sp³-hybridized carbons (Fsp3) is 0.480. The van der Waals surface area contributed by atoms with Crippen molar-refractivity contribution in [3.8, 4) is 0 Å². The second-order valence-corrected chi connectivity index (χ2v) is 9.21. The lowest BCUT2D eigenvalue weighted by Crippen LogP contribution is -2.42. The van der Waals surface area contributed by atoms with Gasteiger partial charge in [-0.25, -0.2) is 0 Å². The smallest absolute Gasteiger partial charge is 0.251 e. The maximum absolute atomic E-state index is 12.5. The van der Waals surface area contributed by atoms with E-state index in [2.05, 4.69) is 41.1 Å². The van der Waals surface area contributed by atoms with Gasteiger partial charge in [-0.1, -0.05) is 35.9 Å². The van der Waals surface area contributed by atoms with E-state index in [4.69, 9.17) is 11.6 Å². The molecule has 3 N–H and O–H groups in total. The zero-order valence-electron chi connectivity index (χ0n) is 17.7. The molecule has 1 saturated heterocycles. The van der Waals surface area contributed by atoms with Crippen molar-refractivity contribution in [1.29, 1.82) is 0 Å². The van der Waals surface area contributed by atoms with Gasteiger partial charge in [0.2, 0.25) is 0 Å². The van der Waals surface area contributed by atoms with Crippen LogP contribution in [0.4, 0.5) is 0 Å². The van der Waals surface area contributed by atoms with Crippen molar-refractivity contribution >= 4 is 17.5 Å². The quantitative estimate of drug-likeness (QED) is 0.622. The Morgan fingerprint density at radius 2 is 1.80 bits per heavy atom. The van der Waals surface area contributed by atoms with Crippen LogP contribution in [0.1, 0.15) is 72.5 Å². The lowest BCUT2D eigenvalue weighted by molar-refractivity contribution is 0.0929. The first-order chi connectivity index (χ1) is 14.6. The lowest BCUT2D eigenvalue weighted by atomic mass is 9.96. The number of carbonyl (C=O) groups is 1. The third-order valence-electron chi connectivity index (χ3n) is 6.59. The molecule has 2 aliphatic rings. The second kappa shape index (κ2) is 9.95. The zero-order valence-corrected chi connectivity index (χ0v) is 18.4. The summed E-state index contributed by atoms with van der Waals surface area (Å²) in [6.07, 6.45) is 5.50. The number of hydrogen-bond donors (Lipinski definition) is 3. The van der Waals surface area contributed by atoms with Gasteiger partial charge in [-0.05, 0) is 93.4 Å². The normalized spacial score (nSPS) is 23.3. The highest BCUT2D eigenvalue weighted by Crippen LogP contribution is 2.35. The molecule has 3 atom stereocenters. The predicted molar refractivity (Wildman–Crippen MR) is 123 cm³/mol. The molecule has 0 aromatic heterocycles. The van der Waals surface area contributed by atoms with Crippen molar-refractivity contribution in [2.75, 3.05) is 13.1 Å². The number of hydrogen-bond acceptors (Lipinski definition) is 3. The van der Waals surface area contributed by atoms with Gasteiger partial charge in [0.15, 0.2) is 0 Å². The molecule has 4 nitrogen and oxygen atoms in total. The molecule has 0 bridgehead atoms. The number of nitrogens with one attached hydrogen (secondary N) is 3. The van der Waals surface area contributed by atoms with E-state index in [0.717, 1.165) is 42.9 Å². The number of amides is 1. The second-order valence-electron chi connectivity index (χ2n) is 8.77. The van der Waals surface area contributed by atoms with E-state index in [1.165, 1.54) is 24.0 Å². The molecule has 1 unspecified atom stereocenters. The summed E-state index contributed by atoms with van der Waals surface area (Å²) in [6.45, 7) is 4.17. The highest BCUT2D eigenvalue weighted by Gasteiger charge is 2.27. The zero-order chi connectivity index (χ0) is 20.9. The largest absolute Gasteiger partial charge is 0.349 e. The molecule has 30 heavy (non-hydrogen) atoms. The van der Waals surface area contributed by atoms with E-state index in [0.29, 0.717) is 18.0 Å². The maximum atomic E-state index is 12.5. The molecule has 2 aromatic carbocycles. The van der Waals surface area contributed by atoms with E-state index in [1.54, 1.807) is 0 Å². The first kappa shape index (κ1) is 21.4. The summed E-state index contributed by atoms with van der Waals surface area (Å²) in [5.74, 6) is 0.602. The number of halogens is 1. The Morgan fingerprint density at radius 3 is 2.53 bits per heavy atom. The average Bonchev–Trinajstić information content (AvgIpc) is 3.23. The highest BCUT2D eigenvalue weighted by molar-refractivity contribution is 6.30. The molecule has 1 saturated carbocycles. The van der Waals surface area contributed by atoms with Crippen LogP contribution in [-0.2, 0) is 0 Å². The Hall–Kier alpha value is -1.88. The fourth-order valence-corrected chi connectivity index (χ4v) is 5.00. The van der Waals surface area contributed by atoms with Crippen LogP contribution in [-0.4, -0.2) is 31.1 Å². The molecule has 1 aliphatic carbocycles. The molecule has 0 radical (unpaired) electrons. The van der Waals surface area contributed by atoms with Crippen LogP contribution in [0.15, 0.2) is 48.5 Å². The number of rotatable bonds is 6. The van der Waals surface area contributed by atoms with Crippen molar-refractivity contribution in [2.45, 2.75) is 63.1 Å². The summed E-state index contributed by atoms with van der Waals surface area (Å²) in [6, 6.07) is 17.4. The van der Waals surface area contributed by atoms with Crippen LogP contribution < -0.4 is 16.0 Å². The van der Waals surface area contributed by atoms with Crippen LogP contribution in [0.5, 0.6) is 0 Å². The molecule has 1 amide bonds. The van der Waals surface area contributed by atoms with Crippen molar-refractivity contribution in [2.24, 2.45) is 0 Å². The third-order valence-corrected chi connectivity index (χ3v) is 6.82. The van der Waals surface area contributed by atoms with Crippen molar-refractivity contribution < 1.29 is 4.79 Å². The van der Waals surface area contributed by atoms with Crippen molar-refractivity contribution in [3.63, 3.8) is 0 Å². The Kier molecular flexibility index (Phi) is 7.08. The summed E-state index contributed by atoms with van der Waals surface area (Å²) < 4.78 is 0. The van der Waals surface area contributed by atoms with Gasteiger partial charge in [-0.15, -0.1) is 0 Å². The summed E-state index contributed by atoms with van der Waals surface area (Å²) in [5, 5.41) is 11.1. The molecule has 2 fully saturated rings. The fourth-order valence-electron chi connectivity index (χ4n) is 4.80. The van der Waals surface area contributed by atoms with E-state index in [1.807, 2.05) is 30.3 Å². The maximum Gasteiger partial charge on any atom is 0.251 e. The first-order valence-corrected chi connectivity index (χ1v) is 11.6. The van der Waals surface area contributed by atoms with E-state index in [9.17, 15) is 4.79 Å². The average molecular weight is 426 g/mol. The molecular weight excluding hydrogens is 394 g/mol. The van der Waals surface area contributed by atoms with Crippen LogP contribution >= 0.6 is 11.6 Å². The molecule has 0 spiro atoms. The van der Waals surface area contributed by atoms with E-state index >= 15 is 0 Å². The Labute approximate surface area is 184 Å². The van der Waals surface area contributed by atoms with Crippen LogP contribution in [0, 0.1) is 0 Å². The van der Waals surface area contributed by atoms with Crippen molar-refractivity contribution in [3.05, 3.63) is 70.2 Å². The minimum Gasteiger partial charge on any atom is -0.349 e. The number of carbonyl (C=O) groups excluding carboxylic acids is 1. The van der Waals surface area contributed by atoms with Gasteiger partial charge in [0.25, 0.3) is 5.91 Å². The molecule has 1 aliphatic heterocycles. The summed E-state index contributed by atoms with van der Waals surface area (Å²) in [4.78, 5) is 12.5. The van der Waals surface area contributed by atoms with Crippen LogP contribution in [0.3, 0.4) is 0 Å². The van der Waals surface area contributed by atoms with Gasteiger partial charge in [-0.2, -0.15) is 0 Å². The van der Waals surface area contributed by atoms with Crippen molar-refractivity contribution in [1.82, 2.24) is 16.0 Å². The third kappa shape index (κ3) is 5.42. The predicted octanol–water partition coefficient (Wildman–Crippen LogP) is 4.81. The standard InChI is InChI=1S/C25H32ClN3O/c1-17(20-3-2-4-22(26)15-20)28-24-10-9-21(16-24)18-5-7-19(8-6-18)25(30)29-23-11-13-27-14-12-23/h2-8,15,17,21,23-24,27-28H,9-14,16H2,1H3,(H,29,30)/t17-,21+,24?/m1/s1. The van der Waals surface area contributed by atoms with E-state index in [-0.39, 0.29) is 11.9 Å². The molecule has 5 heteroatoms. The lowest BCUT2D eigenvalue weighted by Gasteiger charge is -2.23. The summed E-state index contributed by atoms with van der Waals surface area (Å²) >= 11 is 6.14. The van der Waals surface area contributed by atoms with Gasteiger partial charge in [0.1, 0.15) is 0 Å². The minimum atomic E-state index is 0.0507. The molecule has 4 rings (SSSR count). The highest BCUT2D eigenvalue weighted by atomic mass is 35.5. The Balaban J connectivity index is 1.30. The molecule has 160 valence electrons. The van der Waals surface area contributed by atoms with Gasteiger partial charge in [-0.3, -0.25) is 4.79 Å². The van der Waals surface area contributed by atoms with Gasteiger partial charge < -0.3 is 16.0 Å². The van der Waals surface area contributed by atoms with Crippen LogP contribution in [0.2, 0.25) is 5.02 Å². The minimum absolute atomic E-state index is 0.0507. The number of piperidine rings is 1. The van der Waals surface area contributed by atoms with Gasteiger partial charge in [0.05, 0.1) is 0 Å². The molecular formula is C25H32ClN3O. The topological polar surface area (TPSA) is 53.2 Å². The van der Waals surface area contributed by atoms with Crippen LogP contribution in [0.25, 0.3) is 0 Å². The first-order valence-electron chi connectivity index (χ1n) is 11.2. The monoisotopic (exact) mass is 425 g/mol. The molecule has 1 heterocycles. The van der Waals surface area contributed by atoms with Gasteiger partial charge >= 0.3 is 0 Å². The number of benzene rings is 2. The Bertz CT molecular complexity index is 848. The summed E-state index contributed by atoms with van der Waals surface area (Å²) in [5.41, 5.74) is 3.34.